The van der Waals surface area contributed by atoms with Crippen molar-refractivity contribution in [3.05, 3.63) is 17.5 Å². The highest BCUT2D eigenvalue weighted by atomic mass is 32.1. The first kappa shape index (κ1) is 14.5. The summed E-state index contributed by atoms with van der Waals surface area (Å²) >= 11 is 1.30. The summed E-state index contributed by atoms with van der Waals surface area (Å²) in [5.74, 6) is 0.231. The van der Waals surface area contributed by atoms with Crippen molar-refractivity contribution in [1.82, 2.24) is 9.88 Å². The summed E-state index contributed by atoms with van der Waals surface area (Å²) in [6.07, 6.45) is 3.66. The zero-order valence-electron chi connectivity index (χ0n) is 10.9. The Labute approximate surface area is 112 Å². The fraction of sp³-hybridized carbons (Fsp3) is 0.500. The topological polar surface area (TPSA) is 71.2 Å². The van der Waals surface area contributed by atoms with Crippen LogP contribution < -0.4 is 11.1 Å². The predicted octanol–water partition coefficient (Wildman–Crippen LogP) is 2.20. The molecule has 0 saturated carbocycles. The van der Waals surface area contributed by atoms with E-state index in [-0.39, 0.29) is 5.91 Å². The molecule has 18 heavy (non-hydrogen) atoms. The molecule has 0 aliphatic rings. The molecule has 1 aromatic rings. The van der Waals surface area contributed by atoms with Crippen molar-refractivity contribution >= 4 is 28.2 Å². The van der Waals surface area contributed by atoms with Crippen molar-refractivity contribution in [2.75, 3.05) is 31.2 Å². The van der Waals surface area contributed by atoms with Gasteiger partial charge in [-0.25, -0.2) is 4.98 Å². The Morgan fingerprint density at radius 3 is 3.00 bits per heavy atom. The van der Waals surface area contributed by atoms with E-state index in [9.17, 15) is 4.79 Å². The van der Waals surface area contributed by atoms with Crippen LogP contribution in [0.3, 0.4) is 0 Å². The van der Waals surface area contributed by atoms with E-state index in [1.807, 2.05) is 13.0 Å². The summed E-state index contributed by atoms with van der Waals surface area (Å²) in [7, 11) is 1.78. The number of rotatable bonds is 7. The third-order valence-electron chi connectivity index (χ3n) is 2.42. The SMILES string of the molecule is C=CCCCN(C)C(=O)c1sc(NCC)nc1N. The maximum Gasteiger partial charge on any atom is 0.267 e. The maximum atomic E-state index is 12.1. The maximum absolute atomic E-state index is 12.1. The number of unbranched alkanes of at least 4 members (excludes halogenated alkanes) is 1. The highest BCUT2D eigenvalue weighted by Crippen LogP contribution is 2.25. The van der Waals surface area contributed by atoms with Crippen LogP contribution in [0.2, 0.25) is 0 Å². The van der Waals surface area contributed by atoms with E-state index in [2.05, 4.69) is 16.9 Å². The van der Waals surface area contributed by atoms with Crippen LogP contribution >= 0.6 is 11.3 Å². The zero-order chi connectivity index (χ0) is 13.5. The largest absolute Gasteiger partial charge is 0.382 e. The van der Waals surface area contributed by atoms with Crippen LogP contribution in [-0.2, 0) is 0 Å². The first-order valence-electron chi connectivity index (χ1n) is 5.96. The summed E-state index contributed by atoms with van der Waals surface area (Å²) < 4.78 is 0. The quantitative estimate of drug-likeness (QED) is 0.587. The second-order valence-electron chi connectivity index (χ2n) is 3.92. The van der Waals surface area contributed by atoms with E-state index in [0.29, 0.717) is 22.4 Å². The lowest BCUT2D eigenvalue weighted by Crippen LogP contribution is -2.27. The molecule has 0 aliphatic carbocycles. The molecule has 5 nitrogen and oxygen atoms in total. The van der Waals surface area contributed by atoms with E-state index in [0.717, 1.165) is 19.4 Å². The van der Waals surface area contributed by atoms with Gasteiger partial charge >= 0.3 is 0 Å². The summed E-state index contributed by atoms with van der Waals surface area (Å²) in [6.45, 7) is 7.08. The van der Waals surface area contributed by atoms with Crippen molar-refractivity contribution in [2.45, 2.75) is 19.8 Å². The zero-order valence-corrected chi connectivity index (χ0v) is 11.7. The molecule has 3 N–H and O–H groups in total. The van der Waals surface area contributed by atoms with Gasteiger partial charge in [-0.05, 0) is 19.8 Å². The molecule has 0 bridgehead atoms. The highest BCUT2D eigenvalue weighted by molar-refractivity contribution is 7.18. The number of nitrogens with one attached hydrogen (secondary N) is 1. The Morgan fingerprint density at radius 1 is 1.67 bits per heavy atom. The number of nitrogens with two attached hydrogens (primary N) is 1. The van der Waals surface area contributed by atoms with Gasteiger partial charge in [0, 0.05) is 20.1 Å². The number of carbonyl (C=O) groups is 1. The minimum absolute atomic E-state index is 0.0711. The van der Waals surface area contributed by atoms with Crippen LogP contribution in [0.1, 0.15) is 29.4 Å². The number of amides is 1. The molecular formula is C12H20N4OS. The fourth-order valence-corrected chi connectivity index (χ4v) is 2.41. The van der Waals surface area contributed by atoms with Gasteiger partial charge in [-0.2, -0.15) is 0 Å². The lowest BCUT2D eigenvalue weighted by molar-refractivity contribution is 0.0799. The minimum Gasteiger partial charge on any atom is -0.382 e. The lowest BCUT2D eigenvalue weighted by atomic mass is 10.3. The number of aromatic nitrogens is 1. The lowest BCUT2D eigenvalue weighted by Gasteiger charge is -2.15. The summed E-state index contributed by atoms with van der Waals surface area (Å²) in [6, 6.07) is 0. The van der Waals surface area contributed by atoms with Gasteiger partial charge < -0.3 is 16.0 Å². The van der Waals surface area contributed by atoms with Crippen molar-refractivity contribution in [3.8, 4) is 0 Å². The van der Waals surface area contributed by atoms with Crippen molar-refractivity contribution in [2.24, 2.45) is 0 Å². The smallest absolute Gasteiger partial charge is 0.267 e. The molecular weight excluding hydrogens is 248 g/mol. The van der Waals surface area contributed by atoms with Crippen molar-refractivity contribution in [1.29, 1.82) is 0 Å². The van der Waals surface area contributed by atoms with E-state index in [1.165, 1.54) is 11.3 Å². The number of hydrogen-bond donors (Lipinski definition) is 2. The molecule has 0 fully saturated rings. The molecule has 0 spiro atoms. The number of hydrogen-bond acceptors (Lipinski definition) is 5. The second-order valence-corrected chi connectivity index (χ2v) is 4.92. The first-order chi connectivity index (χ1) is 8.60. The first-order valence-corrected chi connectivity index (χ1v) is 6.78. The number of nitrogens with zero attached hydrogens (tertiary/aromatic N) is 2. The van der Waals surface area contributed by atoms with Crippen molar-refractivity contribution in [3.63, 3.8) is 0 Å². The van der Waals surface area contributed by atoms with E-state index >= 15 is 0 Å². The molecule has 1 heterocycles. The molecule has 0 saturated heterocycles. The van der Waals surface area contributed by atoms with Gasteiger partial charge in [0.2, 0.25) is 0 Å². The molecule has 1 aromatic heterocycles. The van der Waals surface area contributed by atoms with E-state index < -0.39 is 0 Å². The van der Waals surface area contributed by atoms with E-state index in [4.69, 9.17) is 5.73 Å². The van der Waals surface area contributed by atoms with Gasteiger partial charge in [-0.3, -0.25) is 4.79 Å². The van der Waals surface area contributed by atoms with Crippen LogP contribution in [0, 0.1) is 0 Å². The molecule has 0 unspecified atom stereocenters. The van der Waals surface area contributed by atoms with Gasteiger partial charge in [-0.1, -0.05) is 17.4 Å². The molecule has 1 rings (SSSR count). The number of nitrogen functional groups attached to an aromatic ring is 1. The Kier molecular flexibility index (Phi) is 5.64. The second kappa shape index (κ2) is 7.00. The number of allylic oxidation sites excluding steroid dienone is 1. The van der Waals surface area contributed by atoms with Crippen LogP contribution in [0.4, 0.5) is 10.9 Å². The Hall–Kier alpha value is -1.56. The predicted molar refractivity (Wildman–Crippen MR) is 77.1 cm³/mol. The van der Waals surface area contributed by atoms with Crippen LogP contribution in [0.5, 0.6) is 0 Å². The number of carbonyl (C=O) groups excluding carboxylic acids is 1. The molecule has 0 aromatic carbocycles. The van der Waals surface area contributed by atoms with E-state index in [1.54, 1.807) is 11.9 Å². The fourth-order valence-electron chi connectivity index (χ4n) is 1.46. The molecule has 100 valence electrons. The van der Waals surface area contributed by atoms with Crippen LogP contribution in [0.15, 0.2) is 12.7 Å². The Morgan fingerprint density at radius 2 is 2.39 bits per heavy atom. The summed E-state index contributed by atoms with van der Waals surface area (Å²) in [4.78, 5) is 18.4. The molecule has 0 atom stereocenters. The van der Waals surface area contributed by atoms with Crippen LogP contribution in [-0.4, -0.2) is 35.9 Å². The van der Waals surface area contributed by atoms with Gasteiger partial charge in [-0.15, -0.1) is 6.58 Å². The average molecular weight is 268 g/mol. The van der Waals surface area contributed by atoms with Crippen molar-refractivity contribution < 1.29 is 4.79 Å². The highest BCUT2D eigenvalue weighted by Gasteiger charge is 2.19. The van der Waals surface area contributed by atoms with Gasteiger partial charge in [0.15, 0.2) is 5.13 Å². The summed E-state index contributed by atoms with van der Waals surface area (Å²) in [5, 5.41) is 3.75. The molecule has 0 radical (unpaired) electrons. The normalized spacial score (nSPS) is 10.1. The third kappa shape index (κ3) is 3.73. The number of thiazole rings is 1. The number of anilines is 2. The average Bonchev–Trinajstić information content (AvgIpc) is 2.70. The molecule has 0 aliphatic heterocycles. The van der Waals surface area contributed by atoms with Gasteiger partial charge in [0.05, 0.1) is 0 Å². The third-order valence-corrected chi connectivity index (χ3v) is 3.44. The summed E-state index contributed by atoms with van der Waals surface area (Å²) in [5.41, 5.74) is 5.76. The molecule has 1 amide bonds. The Bertz CT molecular complexity index is 416. The molecule has 6 heteroatoms. The monoisotopic (exact) mass is 268 g/mol. The minimum atomic E-state index is -0.0711. The van der Waals surface area contributed by atoms with Gasteiger partial charge in [0.1, 0.15) is 10.7 Å². The standard InChI is InChI=1S/C12H20N4OS/c1-4-6-7-8-16(3)11(17)9-10(13)15-12(18-9)14-5-2/h4H,1,5-8,13H2,2-3H3,(H,14,15). The Balaban J connectivity index is 2.67. The van der Waals surface area contributed by atoms with Crippen LogP contribution in [0.25, 0.3) is 0 Å². The van der Waals surface area contributed by atoms with Gasteiger partial charge in [0.25, 0.3) is 5.91 Å².